The largest absolute Gasteiger partial charge is 0.481 e. The Balaban J connectivity index is 1.72. The van der Waals surface area contributed by atoms with Crippen LogP contribution in [0.5, 0.6) is 5.88 Å². The summed E-state index contributed by atoms with van der Waals surface area (Å²) >= 11 is 0. The van der Waals surface area contributed by atoms with E-state index in [1.54, 1.807) is 13.3 Å². The fraction of sp³-hybridized carbons (Fsp3) is 0.0952. The number of hydrogen-bond donors (Lipinski definition) is 1. The minimum Gasteiger partial charge on any atom is -0.481 e. The number of hydrogen-bond acceptors (Lipinski definition) is 5. The standard InChI is InChI=1S/C21H18N4O/c1-26-19-12-11-16(14-22-19)20-24-18-10-6-5-9-17(18)21(25-20)23-13-15-7-3-2-4-8-15/h2-12,14H,13H2,1H3,(H,23,24,25). The van der Waals surface area contributed by atoms with Crippen molar-refractivity contribution in [3.05, 3.63) is 78.5 Å². The summed E-state index contributed by atoms with van der Waals surface area (Å²) in [6.07, 6.45) is 1.73. The summed E-state index contributed by atoms with van der Waals surface area (Å²) in [6, 6.07) is 22.0. The summed E-state index contributed by atoms with van der Waals surface area (Å²) in [5.74, 6) is 2.01. The van der Waals surface area contributed by atoms with Crippen LogP contribution in [0.2, 0.25) is 0 Å². The quantitative estimate of drug-likeness (QED) is 0.585. The average Bonchev–Trinajstić information content (AvgIpc) is 2.72. The molecular weight excluding hydrogens is 324 g/mol. The molecule has 2 aromatic carbocycles. The Labute approximate surface area is 151 Å². The molecular formula is C21H18N4O. The molecule has 0 saturated carbocycles. The number of fused-ring (bicyclic) bond motifs is 1. The van der Waals surface area contributed by atoms with E-state index in [1.165, 1.54) is 5.56 Å². The molecule has 4 rings (SSSR count). The molecule has 2 aromatic heterocycles. The molecule has 5 nitrogen and oxygen atoms in total. The highest BCUT2D eigenvalue weighted by Gasteiger charge is 2.10. The minimum atomic E-state index is 0.567. The van der Waals surface area contributed by atoms with E-state index in [1.807, 2.05) is 54.6 Å². The normalized spacial score (nSPS) is 10.7. The average molecular weight is 342 g/mol. The number of para-hydroxylation sites is 1. The lowest BCUT2D eigenvalue weighted by Crippen LogP contribution is -2.04. The topological polar surface area (TPSA) is 59.9 Å². The highest BCUT2D eigenvalue weighted by atomic mass is 16.5. The van der Waals surface area contributed by atoms with Gasteiger partial charge in [0.1, 0.15) is 5.82 Å². The third kappa shape index (κ3) is 3.32. The number of rotatable bonds is 5. The zero-order chi connectivity index (χ0) is 17.8. The Hall–Kier alpha value is -3.47. The highest BCUT2D eigenvalue weighted by Crippen LogP contribution is 2.25. The third-order valence-corrected chi connectivity index (χ3v) is 4.11. The van der Waals surface area contributed by atoms with Crippen LogP contribution in [0.25, 0.3) is 22.3 Å². The Morgan fingerprint density at radius 2 is 1.69 bits per heavy atom. The maximum Gasteiger partial charge on any atom is 0.212 e. The van der Waals surface area contributed by atoms with Crippen LogP contribution < -0.4 is 10.1 Å². The van der Waals surface area contributed by atoms with Crippen molar-refractivity contribution in [2.24, 2.45) is 0 Å². The van der Waals surface area contributed by atoms with E-state index >= 15 is 0 Å². The molecule has 0 spiro atoms. The van der Waals surface area contributed by atoms with Crippen molar-refractivity contribution >= 4 is 16.7 Å². The molecule has 0 saturated heterocycles. The fourth-order valence-corrected chi connectivity index (χ4v) is 2.76. The van der Waals surface area contributed by atoms with Crippen LogP contribution in [0.1, 0.15) is 5.56 Å². The molecule has 0 amide bonds. The van der Waals surface area contributed by atoms with Crippen LogP contribution >= 0.6 is 0 Å². The molecule has 0 bridgehead atoms. The van der Waals surface area contributed by atoms with E-state index in [0.717, 1.165) is 22.3 Å². The maximum atomic E-state index is 5.12. The lowest BCUT2D eigenvalue weighted by molar-refractivity contribution is 0.398. The first-order valence-corrected chi connectivity index (χ1v) is 8.38. The van der Waals surface area contributed by atoms with Gasteiger partial charge in [0.15, 0.2) is 5.82 Å². The summed E-state index contributed by atoms with van der Waals surface area (Å²) < 4.78 is 5.12. The first-order chi connectivity index (χ1) is 12.8. The molecule has 26 heavy (non-hydrogen) atoms. The van der Waals surface area contributed by atoms with E-state index < -0.39 is 0 Å². The molecule has 2 heterocycles. The molecule has 5 heteroatoms. The molecule has 0 aliphatic heterocycles. The van der Waals surface area contributed by atoms with Crippen molar-refractivity contribution in [1.29, 1.82) is 0 Å². The van der Waals surface area contributed by atoms with Gasteiger partial charge in [-0.3, -0.25) is 0 Å². The van der Waals surface area contributed by atoms with Gasteiger partial charge >= 0.3 is 0 Å². The minimum absolute atomic E-state index is 0.567. The monoisotopic (exact) mass is 342 g/mol. The smallest absolute Gasteiger partial charge is 0.212 e. The predicted molar refractivity (Wildman–Crippen MR) is 103 cm³/mol. The van der Waals surface area contributed by atoms with Gasteiger partial charge in [-0.15, -0.1) is 0 Å². The van der Waals surface area contributed by atoms with Crippen molar-refractivity contribution < 1.29 is 4.74 Å². The number of aromatic nitrogens is 3. The van der Waals surface area contributed by atoms with E-state index in [9.17, 15) is 0 Å². The van der Waals surface area contributed by atoms with Crippen LogP contribution in [0.3, 0.4) is 0 Å². The number of nitrogens with zero attached hydrogens (tertiary/aromatic N) is 3. The molecule has 0 radical (unpaired) electrons. The van der Waals surface area contributed by atoms with Gasteiger partial charge in [0.2, 0.25) is 5.88 Å². The molecule has 0 aliphatic carbocycles. The van der Waals surface area contributed by atoms with Gasteiger partial charge in [-0.2, -0.15) is 0 Å². The summed E-state index contributed by atoms with van der Waals surface area (Å²) in [6.45, 7) is 0.697. The molecule has 0 atom stereocenters. The fourth-order valence-electron chi connectivity index (χ4n) is 2.76. The van der Waals surface area contributed by atoms with Gasteiger partial charge in [0.05, 0.1) is 12.6 Å². The Morgan fingerprint density at radius 3 is 2.46 bits per heavy atom. The molecule has 128 valence electrons. The molecule has 0 fully saturated rings. The molecule has 1 N–H and O–H groups in total. The number of methoxy groups -OCH3 is 1. The van der Waals surface area contributed by atoms with Crippen LogP contribution in [-0.2, 0) is 6.54 Å². The summed E-state index contributed by atoms with van der Waals surface area (Å²) in [4.78, 5) is 13.7. The van der Waals surface area contributed by atoms with Crippen molar-refractivity contribution in [3.8, 4) is 17.3 Å². The van der Waals surface area contributed by atoms with Gasteiger partial charge in [-0.05, 0) is 23.8 Å². The van der Waals surface area contributed by atoms with Gasteiger partial charge in [0.25, 0.3) is 0 Å². The van der Waals surface area contributed by atoms with Crippen molar-refractivity contribution in [1.82, 2.24) is 15.0 Å². The third-order valence-electron chi connectivity index (χ3n) is 4.11. The number of nitrogens with one attached hydrogen (secondary N) is 1. The van der Waals surface area contributed by atoms with E-state index in [4.69, 9.17) is 9.72 Å². The van der Waals surface area contributed by atoms with Crippen molar-refractivity contribution in [2.75, 3.05) is 12.4 Å². The first kappa shape index (κ1) is 16.0. The Bertz CT molecular complexity index is 1020. The SMILES string of the molecule is COc1ccc(-c2nc(NCc3ccccc3)c3ccccc3n2)cn1. The van der Waals surface area contributed by atoms with Gasteiger partial charge in [-0.1, -0.05) is 42.5 Å². The number of anilines is 1. The lowest BCUT2D eigenvalue weighted by atomic mass is 10.2. The maximum absolute atomic E-state index is 5.12. The van der Waals surface area contributed by atoms with Crippen LogP contribution in [0.4, 0.5) is 5.82 Å². The first-order valence-electron chi connectivity index (χ1n) is 8.38. The molecule has 0 aliphatic rings. The Morgan fingerprint density at radius 1 is 0.885 bits per heavy atom. The van der Waals surface area contributed by atoms with E-state index in [-0.39, 0.29) is 0 Å². The molecule has 0 unspecified atom stereocenters. The zero-order valence-electron chi connectivity index (χ0n) is 14.4. The predicted octanol–water partition coefficient (Wildman–Crippen LogP) is 4.31. The van der Waals surface area contributed by atoms with Crippen LogP contribution in [0.15, 0.2) is 72.9 Å². The Kier molecular flexibility index (Phi) is 4.43. The van der Waals surface area contributed by atoms with E-state index in [2.05, 4.69) is 27.4 Å². The number of pyridine rings is 1. The van der Waals surface area contributed by atoms with Crippen LogP contribution in [0, 0.1) is 0 Å². The van der Waals surface area contributed by atoms with E-state index in [0.29, 0.717) is 18.2 Å². The molecule has 4 aromatic rings. The van der Waals surface area contributed by atoms with Crippen molar-refractivity contribution in [3.63, 3.8) is 0 Å². The second-order valence-electron chi connectivity index (χ2n) is 5.84. The highest BCUT2D eigenvalue weighted by molar-refractivity contribution is 5.90. The number of benzene rings is 2. The van der Waals surface area contributed by atoms with Crippen molar-refractivity contribution in [2.45, 2.75) is 6.54 Å². The second kappa shape index (κ2) is 7.19. The number of ether oxygens (including phenoxy) is 1. The van der Waals surface area contributed by atoms with Gasteiger partial charge in [0, 0.05) is 29.8 Å². The zero-order valence-corrected chi connectivity index (χ0v) is 14.4. The van der Waals surface area contributed by atoms with Gasteiger partial charge in [-0.25, -0.2) is 15.0 Å². The summed E-state index contributed by atoms with van der Waals surface area (Å²) in [5, 5.41) is 4.43. The van der Waals surface area contributed by atoms with Gasteiger partial charge < -0.3 is 10.1 Å². The summed E-state index contributed by atoms with van der Waals surface area (Å²) in [5.41, 5.74) is 2.94. The lowest BCUT2D eigenvalue weighted by Gasteiger charge is -2.11. The second-order valence-corrected chi connectivity index (χ2v) is 5.84. The van der Waals surface area contributed by atoms with Crippen LogP contribution in [-0.4, -0.2) is 22.1 Å². The summed E-state index contributed by atoms with van der Waals surface area (Å²) in [7, 11) is 1.60.